The van der Waals surface area contributed by atoms with Crippen LogP contribution in [-0.4, -0.2) is 40.2 Å². The number of halogens is 1. The van der Waals surface area contributed by atoms with Gasteiger partial charge >= 0.3 is 0 Å². The third kappa shape index (κ3) is 5.58. The molecule has 28 heavy (non-hydrogen) atoms. The Hall–Kier alpha value is -0.910. The Bertz CT molecular complexity index is 749. The Kier molecular flexibility index (Phi) is 9.65. The highest BCUT2D eigenvalue weighted by molar-refractivity contribution is 14.0. The van der Waals surface area contributed by atoms with Crippen LogP contribution >= 0.6 is 24.0 Å². The molecule has 0 radical (unpaired) electrons. The second-order valence-electron chi connectivity index (χ2n) is 6.93. The zero-order valence-electron chi connectivity index (χ0n) is 17.1. The van der Waals surface area contributed by atoms with Crippen molar-refractivity contribution in [3.63, 3.8) is 0 Å². The number of primary sulfonamides is 1. The third-order valence-corrected chi connectivity index (χ3v) is 6.64. The van der Waals surface area contributed by atoms with Gasteiger partial charge in [0, 0.05) is 31.7 Å². The van der Waals surface area contributed by atoms with Gasteiger partial charge in [0.2, 0.25) is 10.0 Å². The molecule has 1 aromatic rings. The van der Waals surface area contributed by atoms with E-state index in [2.05, 4.69) is 29.5 Å². The highest BCUT2D eigenvalue weighted by atomic mass is 127. The van der Waals surface area contributed by atoms with Gasteiger partial charge in [-0.25, -0.2) is 13.6 Å². The number of guanidine groups is 1. The summed E-state index contributed by atoms with van der Waals surface area (Å²) in [5, 5.41) is 12.0. The summed E-state index contributed by atoms with van der Waals surface area (Å²) < 4.78 is 28.6. The van der Waals surface area contributed by atoms with Crippen molar-refractivity contribution in [2.24, 2.45) is 15.5 Å². The maximum Gasteiger partial charge on any atom is 0.238 e. The van der Waals surface area contributed by atoms with Gasteiger partial charge in [0.25, 0.3) is 0 Å². The van der Waals surface area contributed by atoms with Crippen LogP contribution in [0.4, 0.5) is 0 Å². The first-order valence-electron chi connectivity index (χ1n) is 9.51. The lowest BCUT2D eigenvalue weighted by molar-refractivity contribution is -0.133. The molecule has 9 heteroatoms. The monoisotopic (exact) mass is 524 g/mol. The molecule has 0 aromatic heterocycles. The van der Waals surface area contributed by atoms with Crippen molar-refractivity contribution in [3.05, 3.63) is 29.8 Å². The second kappa shape index (κ2) is 10.7. The molecule has 0 saturated heterocycles. The van der Waals surface area contributed by atoms with Crippen LogP contribution in [-0.2, 0) is 21.3 Å². The van der Waals surface area contributed by atoms with Crippen molar-refractivity contribution in [3.8, 4) is 0 Å². The number of benzene rings is 1. The first kappa shape index (κ1) is 25.1. The largest absolute Gasteiger partial charge is 0.378 e. The maximum atomic E-state index is 11.3. The standard InChI is InChI=1S/C19H32N4O3S.HI/c1-5-19(6-2)16(12-17(19)26-7-3)23-18(21-4)22-13-14-8-10-15(11-9-14)27(20,24)25;/h8-11,16-17H,5-7,12-13H2,1-4H3,(H2,20,24,25)(H2,21,22,23);1H. The normalized spacial score (nSPS) is 21.4. The van der Waals surface area contributed by atoms with E-state index in [0.29, 0.717) is 18.7 Å². The fourth-order valence-corrected chi connectivity index (χ4v) is 4.44. The van der Waals surface area contributed by atoms with Crippen LogP contribution < -0.4 is 15.8 Å². The second-order valence-corrected chi connectivity index (χ2v) is 8.49. The van der Waals surface area contributed by atoms with Crippen molar-refractivity contribution < 1.29 is 13.2 Å². The van der Waals surface area contributed by atoms with Crippen molar-refractivity contribution in [2.45, 2.75) is 63.6 Å². The molecule has 1 fully saturated rings. The average Bonchev–Trinajstić information content (AvgIpc) is 2.64. The van der Waals surface area contributed by atoms with Crippen LogP contribution in [0, 0.1) is 5.41 Å². The molecule has 1 aliphatic carbocycles. The topological polar surface area (TPSA) is 106 Å². The Morgan fingerprint density at radius 3 is 2.32 bits per heavy atom. The maximum absolute atomic E-state index is 11.3. The number of nitrogens with two attached hydrogens (primary N) is 1. The van der Waals surface area contributed by atoms with Crippen LogP contribution in [0.5, 0.6) is 0 Å². The summed E-state index contributed by atoms with van der Waals surface area (Å²) in [4.78, 5) is 4.44. The predicted octanol–water partition coefficient (Wildman–Crippen LogP) is 2.60. The molecule has 4 N–H and O–H groups in total. The molecule has 1 aromatic carbocycles. The molecule has 7 nitrogen and oxygen atoms in total. The van der Waals surface area contributed by atoms with Crippen LogP contribution in [0.3, 0.4) is 0 Å². The highest BCUT2D eigenvalue weighted by Crippen LogP contribution is 2.48. The number of aliphatic imine (C=N–C) groups is 1. The number of nitrogens with one attached hydrogen (secondary N) is 2. The zero-order valence-corrected chi connectivity index (χ0v) is 20.2. The third-order valence-electron chi connectivity index (χ3n) is 5.72. The minimum Gasteiger partial charge on any atom is -0.378 e. The summed E-state index contributed by atoms with van der Waals surface area (Å²) in [5.74, 6) is 0.733. The Balaban J connectivity index is 0.00000392. The number of hydrogen-bond acceptors (Lipinski definition) is 4. The van der Waals surface area contributed by atoms with Crippen LogP contribution in [0.2, 0.25) is 0 Å². The van der Waals surface area contributed by atoms with E-state index in [4.69, 9.17) is 9.88 Å². The molecule has 160 valence electrons. The van der Waals surface area contributed by atoms with E-state index in [9.17, 15) is 8.42 Å². The van der Waals surface area contributed by atoms with E-state index >= 15 is 0 Å². The summed E-state index contributed by atoms with van der Waals surface area (Å²) >= 11 is 0. The molecule has 2 rings (SSSR count). The molecular weight excluding hydrogens is 491 g/mol. The molecule has 1 saturated carbocycles. The summed E-state index contributed by atoms with van der Waals surface area (Å²) in [7, 11) is -1.92. The lowest BCUT2D eigenvalue weighted by Gasteiger charge is -2.55. The van der Waals surface area contributed by atoms with Gasteiger partial charge in [-0.15, -0.1) is 24.0 Å². The van der Waals surface area contributed by atoms with Crippen molar-refractivity contribution >= 4 is 40.0 Å². The van der Waals surface area contributed by atoms with E-state index in [1.807, 2.05) is 6.92 Å². The summed E-state index contributed by atoms with van der Waals surface area (Å²) in [6.07, 6.45) is 3.37. The molecule has 0 bridgehead atoms. The molecule has 1 aliphatic rings. The van der Waals surface area contributed by atoms with Gasteiger partial charge in [-0.3, -0.25) is 4.99 Å². The first-order chi connectivity index (χ1) is 12.8. The molecular formula is C19H33IN4O3S. The van der Waals surface area contributed by atoms with E-state index in [0.717, 1.165) is 37.4 Å². The van der Waals surface area contributed by atoms with Crippen molar-refractivity contribution in [1.82, 2.24) is 10.6 Å². The number of hydrogen-bond donors (Lipinski definition) is 3. The molecule has 0 aliphatic heterocycles. The Morgan fingerprint density at radius 2 is 1.86 bits per heavy atom. The molecule has 0 amide bonds. The first-order valence-corrected chi connectivity index (χ1v) is 11.1. The summed E-state index contributed by atoms with van der Waals surface area (Å²) in [5.41, 5.74) is 1.08. The summed E-state index contributed by atoms with van der Waals surface area (Å²) in [6, 6.07) is 6.84. The van der Waals surface area contributed by atoms with Gasteiger partial charge in [0.15, 0.2) is 5.96 Å². The molecule has 2 atom stereocenters. The van der Waals surface area contributed by atoms with Gasteiger partial charge in [-0.05, 0) is 43.9 Å². The van der Waals surface area contributed by atoms with Crippen molar-refractivity contribution in [1.29, 1.82) is 0 Å². The molecule has 0 heterocycles. The van der Waals surface area contributed by atoms with Crippen LogP contribution in [0.15, 0.2) is 34.2 Å². The zero-order chi connectivity index (χ0) is 20.1. The van der Waals surface area contributed by atoms with Gasteiger partial charge in [-0.1, -0.05) is 26.0 Å². The number of ether oxygens (including phenoxy) is 1. The number of nitrogens with zero attached hydrogens (tertiary/aromatic N) is 1. The SMILES string of the molecule is CCOC1CC(NC(=NC)NCc2ccc(S(N)(=O)=O)cc2)C1(CC)CC.I. The van der Waals surface area contributed by atoms with E-state index in [-0.39, 0.29) is 34.3 Å². The van der Waals surface area contributed by atoms with E-state index in [1.165, 1.54) is 12.1 Å². The Labute approximate surface area is 186 Å². The minimum atomic E-state index is -3.66. The highest BCUT2D eigenvalue weighted by Gasteiger charge is 2.53. The smallest absolute Gasteiger partial charge is 0.238 e. The van der Waals surface area contributed by atoms with Gasteiger partial charge in [0.05, 0.1) is 11.0 Å². The van der Waals surface area contributed by atoms with E-state index < -0.39 is 10.0 Å². The fraction of sp³-hybridized carbons (Fsp3) is 0.632. The fourth-order valence-electron chi connectivity index (χ4n) is 3.93. The van der Waals surface area contributed by atoms with Crippen LogP contribution in [0.1, 0.15) is 45.6 Å². The quantitative estimate of drug-likeness (QED) is 0.276. The Morgan fingerprint density at radius 1 is 1.25 bits per heavy atom. The average molecular weight is 524 g/mol. The molecule has 0 spiro atoms. The van der Waals surface area contributed by atoms with Gasteiger partial charge in [-0.2, -0.15) is 0 Å². The predicted molar refractivity (Wildman–Crippen MR) is 123 cm³/mol. The lowest BCUT2D eigenvalue weighted by atomic mass is 9.58. The van der Waals surface area contributed by atoms with Crippen LogP contribution in [0.25, 0.3) is 0 Å². The van der Waals surface area contributed by atoms with Gasteiger partial charge in [0.1, 0.15) is 0 Å². The minimum absolute atomic E-state index is 0. The lowest BCUT2D eigenvalue weighted by Crippen LogP contribution is -2.65. The number of sulfonamides is 1. The van der Waals surface area contributed by atoms with E-state index in [1.54, 1.807) is 19.2 Å². The molecule has 2 unspecified atom stereocenters. The summed E-state index contributed by atoms with van der Waals surface area (Å²) in [6.45, 7) is 7.75. The van der Waals surface area contributed by atoms with Crippen molar-refractivity contribution in [2.75, 3.05) is 13.7 Å². The number of rotatable bonds is 8. The van der Waals surface area contributed by atoms with Gasteiger partial charge < -0.3 is 15.4 Å².